The van der Waals surface area contributed by atoms with Gasteiger partial charge in [0.15, 0.2) is 29.6 Å². The summed E-state index contributed by atoms with van der Waals surface area (Å²) in [6.45, 7) is -0.995. The van der Waals surface area contributed by atoms with Crippen LogP contribution < -0.4 is 5.56 Å². The lowest BCUT2D eigenvalue weighted by molar-refractivity contribution is -0.138. The Balaban J connectivity index is 1.41. The van der Waals surface area contributed by atoms with Crippen LogP contribution in [0.1, 0.15) is 54.0 Å². The number of hydrogen-bond acceptors (Lipinski definition) is 10. The molecule has 0 aliphatic carbocycles. The van der Waals surface area contributed by atoms with Crippen molar-refractivity contribution in [2.75, 3.05) is 6.61 Å². The summed E-state index contributed by atoms with van der Waals surface area (Å²) in [4.78, 5) is 62.8. The molecule has 4 atom stereocenters. The average molecular weight is 785 g/mol. The fraction of sp³-hybridized carbons (Fsp3) is 0.235. The molecule has 0 spiro atoms. The standard InChI is InChI=1S/C34H21F9N4O8/c35-32(36,37)19-7-1-4-16(10-19)29(49)52-13-22-24(54-30(50)17-5-2-8-20(11-17)33(38,39)40)25(55-31(51)18-6-3-9-21(12-18)34(41,42)43)28(53-22)47-15-46-26-23(47)27(48)45-14-44-26/h1-12,14-15,22,24-25,28H,13H2,(H,44,45,48)/t22-,24-,25-,28-/m1/s1. The lowest BCUT2D eigenvalue weighted by atomic mass is 10.1. The second-order valence-corrected chi connectivity index (χ2v) is 11.7. The topological polar surface area (TPSA) is 152 Å². The van der Waals surface area contributed by atoms with E-state index in [1.807, 2.05) is 0 Å². The Hall–Kier alpha value is -6.25. The van der Waals surface area contributed by atoms with E-state index < -0.39 is 107 Å². The van der Waals surface area contributed by atoms with Gasteiger partial charge < -0.3 is 23.9 Å². The highest BCUT2D eigenvalue weighted by Gasteiger charge is 2.52. The van der Waals surface area contributed by atoms with Crippen LogP contribution in [0, 0.1) is 0 Å². The van der Waals surface area contributed by atoms with Gasteiger partial charge in [0.1, 0.15) is 19.0 Å². The van der Waals surface area contributed by atoms with Gasteiger partial charge in [0.25, 0.3) is 5.56 Å². The van der Waals surface area contributed by atoms with Crippen molar-refractivity contribution in [3.05, 3.63) is 129 Å². The zero-order valence-corrected chi connectivity index (χ0v) is 27.1. The summed E-state index contributed by atoms with van der Waals surface area (Å²) < 4.78 is 144. The van der Waals surface area contributed by atoms with Crippen LogP contribution in [0.25, 0.3) is 11.2 Å². The predicted molar refractivity (Wildman–Crippen MR) is 165 cm³/mol. The van der Waals surface area contributed by atoms with Crippen molar-refractivity contribution in [3.63, 3.8) is 0 Å². The van der Waals surface area contributed by atoms with Crippen LogP contribution >= 0.6 is 0 Å². The van der Waals surface area contributed by atoms with Gasteiger partial charge in [-0.3, -0.25) is 9.36 Å². The first-order valence-corrected chi connectivity index (χ1v) is 15.5. The first-order chi connectivity index (χ1) is 25.8. The maximum Gasteiger partial charge on any atom is 0.416 e. The number of aromatic amines is 1. The fourth-order valence-electron chi connectivity index (χ4n) is 5.50. The summed E-state index contributed by atoms with van der Waals surface area (Å²) in [6.07, 6.45) is -20.3. The van der Waals surface area contributed by atoms with Crippen molar-refractivity contribution < 1.29 is 72.8 Å². The predicted octanol–water partition coefficient (Wildman–Crippen LogP) is 6.38. The maximum atomic E-state index is 13.5. The minimum Gasteiger partial charge on any atom is -0.459 e. The second-order valence-electron chi connectivity index (χ2n) is 11.7. The highest BCUT2D eigenvalue weighted by Crippen LogP contribution is 2.38. The number of fused-ring (bicyclic) bond motifs is 1. The minimum atomic E-state index is -4.91. The molecule has 1 aliphatic heterocycles. The Morgan fingerprint density at radius 3 is 1.65 bits per heavy atom. The number of nitrogens with one attached hydrogen (secondary N) is 1. The largest absolute Gasteiger partial charge is 0.459 e. The number of carbonyl (C=O) groups is 3. The summed E-state index contributed by atoms with van der Waals surface area (Å²) in [7, 11) is 0. The van der Waals surface area contributed by atoms with Crippen molar-refractivity contribution in [2.45, 2.75) is 43.1 Å². The molecule has 5 aromatic rings. The molecule has 12 nitrogen and oxygen atoms in total. The molecular formula is C34H21F9N4O8. The lowest BCUT2D eigenvalue weighted by Gasteiger charge is -2.25. The number of ether oxygens (including phenoxy) is 4. The van der Waals surface area contributed by atoms with Gasteiger partial charge in [0.2, 0.25) is 0 Å². The molecule has 0 bridgehead atoms. The highest BCUT2D eigenvalue weighted by molar-refractivity contribution is 5.91. The van der Waals surface area contributed by atoms with Gasteiger partial charge in [-0.15, -0.1) is 0 Å². The van der Waals surface area contributed by atoms with Crippen molar-refractivity contribution >= 4 is 29.1 Å². The SMILES string of the molecule is O=C(OC[C@H]1O[C@@H](n2cnc3nc[nH]c(=O)c32)[C@H](OC(=O)c2cccc(C(F)(F)F)c2)[C@@H]1OC(=O)c1cccc(C(F)(F)F)c1)c1cccc(C(F)(F)F)c1. The third-order valence-corrected chi connectivity index (χ3v) is 8.07. The molecule has 2 aromatic heterocycles. The molecule has 21 heteroatoms. The van der Waals surface area contributed by atoms with E-state index >= 15 is 0 Å². The van der Waals surface area contributed by atoms with E-state index in [0.717, 1.165) is 53.6 Å². The Labute approximate surface area is 300 Å². The summed E-state index contributed by atoms with van der Waals surface area (Å²) in [5.41, 5.74) is -7.06. The van der Waals surface area contributed by atoms with Crippen LogP contribution in [0.5, 0.6) is 0 Å². The van der Waals surface area contributed by atoms with Crippen molar-refractivity contribution in [1.82, 2.24) is 19.5 Å². The van der Waals surface area contributed by atoms with Crippen LogP contribution in [-0.2, 0) is 37.5 Å². The Bertz CT molecular complexity index is 2320. The molecule has 288 valence electrons. The first kappa shape index (κ1) is 38.5. The Morgan fingerprint density at radius 2 is 1.16 bits per heavy atom. The summed E-state index contributed by atoms with van der Waals surface area (Å²) >= 11 is 0. The lowest BCUT2D eigenvalue weighted by Crippen LogP contribution is -2.41. The second kappa shape index (κ2) is 14.5. The van der Waals surface area contributed by atoms with Gasteiger partial charge >= 0.3 is 36.4 Å². The number of alkyl halides is 9. The third kappa shape index (κ3) is 8.30. The molecule has 0 amide bonds. The zero-order valence-electron chi connectivity index (χ0n) is 27.1. The summed E-state index contributed by atoms with van der Waals surface area (Å²) in [6, 6.07) is 8.87. The maximum absolute atomic E-state index is 13.5. The molecule has 3 aromatic carbocycles. The number of H-pyrrole nitrogens is 1. The van der Waals surface area contributed by atoms with E-state index in [1.165, 1.54) is 0 Å². The van der Waals surface area contributed by atoms with E-state index in [-0.39, 0.29) is 11.2 Å². The monoisotopic (exact) mass is 784 g/mol. The molecular weight excluding hydrogens is 763 g/mol. The highest BCUT2D eigenvalue weighted by atomic mass is 19.4. The summed E-state index contributed by atoms with van der Waals surface area (Å²) in [5.74, 6) is -4.31. The zero-order chi connectivity index (χ0) is 39.9. The smallest absolute Gasteiger partial charge is 0.416 e. The van der Waals surface area contributed by atoms with E-state index in [1.54, 1.807) is 0 Å². The molecule has 1 aliphatic rings. The molecule has 0 saturated carbocycles. The van der Waals surface area contributed by atoms with E-state index in [4.69, 9.17) is 18.9 Å². The van der Waals surface area contributed by atoms with Crippen LogP contribution in [0.3, 0.4) is 0 Å². The quantitative estimate of drug-likeness (QED) is 0.107. The molecule has 6 rings (SSSR count). The first-order valence-electron chi connectivity index (χ1n) is 15.5. The molecule has 0 radical (unpaired) electrons. The van der Waals surface area contributed by atoms with Gasteiger partial charge in [-0.1, -0.05) is 18.2 Å². The van der Waals surface area contributed by atoms with Gasteiger partial charge in [-0.05, 0) is 54.6 Å². The normalized spacial score (nSPS) is 18.9. The van der Waals surface area contributed by atoms with Crippen LogP contribution in [0.4, 0.5) is 39.5 Å². The Morgan fingerprint density at radius 1 is 0.691 bits per heavy atom. The van der Waals surface area contributed by atoms with E-state index in [2.05, 4.69) is 15.0 Å². The number of imidazole rings is 1. The van der Waals surface area contributed by atoms with E-state index in [9.17, 15) is 58.7 Å². The number of halogens is 9. The van der Waals surface area contributed by atoms with Crippen molar-refractivity contribution in [1.29, 1.82) is 0 Å². The van der Waals surface area contributed by atoms with Gasteiger partial charge in [-0.25, -0.2) is 24.4 Å². The number of benzene rings is 3. The molecule has 1 fully saturated rings. The molecule has 0 unspecified atom stereocenters. The molecule has 3 heterocycles. The Kier molecular flexibility index (Phi) is 10.2. The van der Waals surface area contributed by atoms with Crippen molar-refractivity contribution in [3.8, 4) is 0 Å². The number of hydrogen-bond donors (Lipinski definition) is 1. The summed E-state index contributed by atoms with van der Waals surface area (Å²) in [5, 5.41) is 0. The van der Waals surface area contributed by atoms with Crippen LogP contribution in [-0.4, -0.2) is 62.3 Å². The van der Waals surface area contributed by atoms with Crippen LogP contribution in [0.15, 0.2) is 90.2 Å². The van der Waals surface area contributed by atoms with Crippen LogP contribution in [0.2, 0.25) is 0 Å². The van der Waals surface area contributed by atoms with Gasteiger partial charge in [-0.2, -0.15) is 39.5 Å². The number of carbonyl (C=O) groups excluding carboxylic acids is 3. The van der Waals surface area contributed by atoms with Gasteiger partial charge in [0, 0.05) is 0 Å². The number of rotatable bonds is 8. The van der Waals surface area contributed by atoms with E-state index in [0.29, 0.717) is 36.4 Å². The average Bonchev–Trinajstić information content (AvgIpc) is 3.71. The number of aromatic nitrogens is 4. The van der Waals surface area contributed by atoms with Gasteiger partial charge in [0.05, 0.1) is 39.7 Å². The number of nitrogens with zero attached hydrogens (tertiary/aromatic N) is 3. The molecule has 55 heavy (non-hydrogen) atoms. The van der Waals surface area contributed by atoms with Crippen molar-refractivity contribution in [2.24, 2.45) is 0 Å². The minimum absolute atomic E-state index is 0.202. The molecule has 1 saturated heterocycles. The molecule has 1 N–H and O–H groups in total. The third-order valence-electron chi connectivity index (χ3n) is 8.07. The number of esters is 3. The fourth-order valence-corrected chi connectivity index (χ4v) is 5.50.